The summed E-state index contributed by atoms with van der Waals surface area (Å²) in [5.74, 6) is -4.18. The van der Waals surface area contributed by atoms with Crippen molar-refractivity contribution in [1.82, 2.24) is 0 Å². The summed E-state index contributed by atoms with van der Waals surface area (Å²) in [7, 11) is -4.91. The highest BCUT2D eigenvalue weighted by Crippen LogP contribution is 2.41. The largest absolute Gasteiger partial charge is 0.486 e. The topological polar surface area (TPSA) is 122 Å². The summed E-state index contributed by atoms with van der Waals surface area (Å²) >= 11 is 0. The van der Waals surface area contributed by atoms with E-state index in [0.717, 1.165) is 18.2 Å². The van der Waals surface area contributed by atoms with Crippen LogP contribution in [0.25, 0.3) is 0 Å². The van der Waals surface area contributed by atoms with Crippen LogP contribution in [0.5, 0.6) is 5.75 Å². The molecule has 2 aromatic rings. The molecule has 0 saturated heterocycles. The average Bonchev–Trinajstić information content (AvgIpc) is 2.81. The second-order valence-electron chi connectivity index (χ2n) is 9.60. The standard InChI is InChI=1S/C24H23F7N2O7S/c1-12(20(34)35)8-14-11-33(41(37,38)15-5-6-17(25)16(10-15)23(26,27)28)18-9-13(4-7-19(18)39-14)32-21(36)40-22(2,3)24(29,30)31/h4-7,9-10,12,14H,8,11H2,1-3H3,(H,32,36)(H,34,35)/t12?,14-/m0/s1. The fraction of sp³-hybridized carbons (Fsp3) is 0.417. The van der Waals surface area contributed by atoms with Crippen molar-refractivity contribution in [2.24, 2.45) is 5.92 Å². The number of nitrogens with one attached hydrogen (secondary N) is 1. The van der Waals surface area contributed by atoms with Gasteiger partial charge >= 0.3 is 24.4 Å². The lowest BCUT2D eigenvalue weighted by Crippen LogP contribution is -2.45. The molecule has 1 unspecified atom stereocenters. The summed E-state index contributed by atoms with van der Waals surface area (Å²) < 4.78 is 131. The molecule has 0 saturated carbocycles. The fourth-order valence-electron chi connectivity index (χ4n) is 3.68. The van der Waals surface area contributed by atoms with E-state index in [1.54, 1.807) is 0 Å². The minimum absolute atomic E-state index is 0.0906. The third-order valence-electron chi connectivity index (χ3n) is 6.04. The Bertz CT molecular complexity index is 1440. The average molecular weight is 617 g/mol. The Balaban J connectivity index is 2.05. The van der Waals surface area contributed by atoms with E-state index in [-0.39, 0.29) is 29.6 Å². The Hall–Kier alpha value is -3.76. The number of carbonyl (C=O) groups excluding carboxylic acids is 1. The van der Waals surface area contributed by atoms with Gasteiger partial charge in [-0.05, 0) is 56.7 Å². The van der Waals surface area contributed by atoms with Gasteiger partial charge in [0.2, 0.25) is 5.60 Å². The molecular formula is C24H23F7N2O7S. The van der Waals surface area contributed by atoms with Crippen molar-refractivity contribution in [2.75, 3.05) is 16.2 Å². The molecule has 226 valence electrons. The van der Waals surface area contributed by atoms with Crippen LogP contribution in [0.4, 0.5) is 46.9 Å². The molecule has 0 radical (unpaired) electrons. The van der Waals surface area contributed by atoms with Gasteiger partial charge in [-0.2, -0.15) is 26.3 Å². The maximum Gasteiger partial charge on any atom is 0.427 e. The van der Waals surface area contributed by atoms with Crippen LogP contribution >= 0.6 is 0 Å². The van der Waals surface area contributed by atoms with E-state index in [1.165, 1.54) is 6.92 Å². The van der Waals surface area contributed by atoms with Crippen molar-refractivity contribution >= 4 is 33.5 Å². The van der Waals surface area contributed by atoms with E-state index in [1.807, 2.05) is 5.32 Å². The maximum absolute atomic E-state index is 13.9. The number of sulfonamides is 1. The summed E-state index contributed by atoms with van der Waals surface area (Å²) in [6, 6.07) is 4.20. The highest BCUT2D eigenvalue weighted by Gasteiger charge is 2.51. The van der Waals surface area contributed by atoms with Gasteiger partial charge in [-0.15, -0.1) is 0 Å². The maximum atomic E-state index is 13.9. The number of carboxylic acids is 1. The zero-order chi connectivity index (χ0) is 31.1. The third kappa shape index (κ3) is 6.94. The van der Waals surface area contributed by atoms with Gasteiger partial charge in [-0.25, -0.2) is 17.6 Å². The van der Waals surface area contributed by atoms with Crippen LogP contribution in [0, 0.1) is 11.7 Å². The molecule has 2 atom stereocenters. The molecule has 1 amide bonds. The van der Waals surface area contributed by atoms with Gasteiger partial charge in [0.05, 0.1) is 28.6 Å². The molecule has 0 spiro atoms. The molecule has 0 fully saturated rings. The predicted molar refractivity (Wildman–Crippen MR) is 128 cm³/mol. The summed E-state index contributed by atoms with van der Waals surface area (Å²) in [6.07, 6.45) is -13.1. The number of hydrogen-bond acceptors (Lipinski definition) is 6. The first-order chi connectivity index (χ1) is 18.6. The minimum Gasteiger partial charge on any atom is -0.486 e. The molecule has 17 heteroatoms. The summed E-state index contributed by atoms with van der Waals surface area (Å²) in [6.45, 7) is 1.90. The summed E-state index contributed by atoms with van der Waals surface area (Å²) in [4.78, 5) is 22.5. The van der Waals surface area contributed by atoms with Crippen LogP contribution in [0.1, 0.15) is 32.8 Å². The van der Waals surface area contributed by atoms with E-state index in [0.29, 0.717) is 30.3 Å². The van der Waals surface area contributed by atoms with Gasteiger partial charge < -0.3 is 14.6 Å². The minimum atomic E-state index is -5.24. The molecule has 1 aliphatic heterocycles. The monoisotopic (exact) mass is 616 g/mol. The zero-order valence-corrected chi connectivity index (χ0v) is 22.2. The van der Waals surface area contributed by atoms with Crippen LogP contribution in [0.3, 0.4) is 0 Å². The molecule has 9 nitrogen and oxygen atoms in total. The van der Waals surface area contributed by atoms with E-state index in [4.69, 9.17) is 4.74 Å². The molecule has 0 bridgehead atoms. The fourth-order valence-corrected chi connectivity index (χ4v) is 5.20. The number of halogens is 7. The number of carboxylic acid groups (broad SMARTS) is 1. The molecule has 3 rings (SSSR count). The van der Waals surface area contributed by atoms with E-state index in [9.17, 15) is 53.8 Å². The van der Waals surface area contributed by atoms with Crippen LogP contribution < -0.4 is 14.4 Å². The van der Waals surface area contributed by atoms with Crippen molar-refractivity contribution in [2.45, 2.75) is 56.1 Å². The SMILES string of the molecule is CC(C[C@H]1CN(S(=O)(=O)c2ccc(F)c(C(F)(F)F)c2)c2cc(NC(=O)OC(C)(C)C(F)(F)F)ccc2O1)C(=O)O. The molecule has 1 aliphatic rings. The van der Waals surface area contributed by atoms with E-state index < -0.39 is 74.9 Å². The number of benzene rings is 2. The third-order valence-corrected chi connectivity index (χ3v) is 7.81. The van der Waals surface area contributed by atoms with Crippen LogP contribution in [-0.2, 0) is 25.7 Å². The molecule has 0 aromatic heterocycles. The Morgan fingerprint density at radius 1 is 1.12 bits per heavy atom. The number of alkyl halides is 6. The van der Waals surface area contributed by atoms with Crippen LogP contribution in [-0.4, -0.2) is 50.0 Å². The second-order valence-corrected chi connectivity index (χ2v) is 11.5. The van der Waals surface area contributed by atoms with Gasteiger partial charge in [0, 0.05) is 5.69 Å². The first kappa shape index (κ1) is 31.8. The summed E-state index contributed by atoms with van der Waals surface area (Å²) in [5.41, 5.74) is -5.37. The number of nitrogens with zero attached hydrogens (tertiary/aromatic N) is 1. The Labute approximate surface area is 228 Å². The van der Waals surface area contributed by atoms with Crippen molar-refractivity contribution in [3.05, 3.63) is 47.8 Å². The first-order valence-electron chi connectivity index (χ1n) is 11.6. The lowest BCUT2D eigenvalue weighted by atomic mass is 10.0. The van der Waals surface area contributed by atoms with Crippen LogP contribution in [0.2, 0.25) is 0 Å². The molecule has 41 heavy (non-hydrogen) atoms. The van der Waals surface area contributed by atoms with Gasteiger partial charge in [0.25, 0.3) is 10.0 Å². The first-order valence-corrected chi connectivity index (χ1v) is 13.1. The molecule has 2 N–H and O–H groups in total. The highest BCUT2D eigenvalue weighted by molar-refractivity contribution is 7.92. The molecule has 1 heterocycles. The Morgan fingerprint density at radius 3 is 2.32 bits per heavy atom. The number of aliphatic carboxylic acids is 1. The van der Waals surface area contributed by atoms with Gasteiger partial charge in [-0.1, -0.05) is 6.92 Å². The Kier molecular flexibility index (Phi) is 8.45. The normalized spacial score (nSPS) is 16.8. The number of amides is 1. The predicted octanol–water partition coefficient (Wildman–Crippen LogP) is 5.80. The van der Waals surface area contributed by atoms with E-state index in [2.05, 4.69) is 4.74 Å². The number of ether oxygens (including phenoxy) is 2. The van der Waals surface area contributed by atoms with Crippen molar-refractivity contribution in [3.8, 4) is 5.75 Å². The highest BCUT2D eigenvalue weighted by atomic mass is 32.2. The summed E-state index contributed by atoms with van der Waals surface area (Å²) in [5, 5.41) is 11.3. The van der Waals surface area contributed by atoms with Crippen molar-refractivity contribution < 1.29 is 63.3 Å². The van der Waals surface area contributed by atoms with Crippen molar-refractivity contribution in [1.29, 1.82) is 0 Å². The van der Waals surface area contributed by atoms with Crippen LogP contribution in [0.15, 0.2) is 41.3 Å². The number of fused-ring (bicyclic) bond motifs is 1. The molecular weight excluding hydrogens is 593 g/mol. The molecule has 2 aromatic carbocycles. The zero-order valence-electron chi connectivity index (χ0n) is 21.4. The Morgan fingerprint density at radius 2 is 1.76 bits per heavy atom. The number of anilines is 2. The van der Waals surface area contributed by atoms with Gasteiger partial charge in [0.1, 0.15) is 17.7 Å². The number of hydrogen-bond donors (Lipinski definition) is 2. The number of rotatable bonds is 7. The molecule has 0 aliphatic carbocycles. The second kappa shape index (κ2) is 10.9. The van der Waals surface area contributed by atoms with Crippen molar-refractivity contribution in [3.63, 3.8) is 0 Å². The van der Waals surface area contributed by atoms with E-state index >= 15 is 0 Å². The lowest BCUT2D eigenvalue weighted by Gasteiger charge is -2.36. The van der Waals surface area contributed by atoms with Gasteiger partial charge in [0.15, 0.2) is 0 Å². The smallest absolute Gasteiger partial charge is 0.427 e. The lowest BCUT2D eigenvalue weighted by molar-refractivity contribution is -0.242. The van der Waals surface area contributed by atoms with Gasteiger partial charge in [-0.3, -0.25) is 14.4 Å². The quantitative estimate of drug-likeness (QED) is 0.377. The number of carbonyl (C=O) groups is 2.